The molecule has 0 aromatic carbocycles. The molecule has 1 aliphatic heterocycles. The van der Waals surface area contributed by atoms with Gasteiger partial charge in [0.1, 0.15) is 22.7 Å². The summed E-state index contributed by atoms with van der Waals surface area (Å²) in [6.45, 7) is 8.45. The highest BCUT2D eigenvalue weighted by atomic mass is 32.1. The second kappa shape index (κ2) is 6.31. The summed E-state index contributed by atoms with van der Waals surface area (Å²) in [6, 6.07) is -1.04. The van der Waals surface area contributed by atoms with Crippen molar-refractivity contribution in [2.75, 3.05) is 0 Å². The van der Waals surface area contributed by atoms with Crippen LogP contribution in [-0.4, -0.2) is 21.1 Å². The van der Waals surface area contributed by atoms with Crippen LogP contribution in [0.2, 0.25) is 0 Å². The van der Waals surface area contributed by atoms with Gasteiger partial charge in [0, 0.05) is 6.20 Å². The van der Waals surface area contributed by atoms with Gasteiger partial charge in [-0.1, -0.05) is 0 Å². The molecule has 0 saturated heterocycles. The average molecular weight is 379 g/mol. The Bertz CT molecular complexity index is 1000. The minimum Gasteiger partial charge on any atom is -0.472 e. The molecular formula is C17H21N3O5S. The first-order valence-electron chi connectivity index (χ1n) is 8.17. The van der Waals surface area contributed by atoms with Gasteiger partial charge < -0.3 is 14.8 Å². The summed E-state index contributed by atoms with van der Waals surface area (Å²) in [5.41, 5.74) is -1.17. The number of carbonyl (C=O) groups excluding carboxylic acids is 1. The Morgan fingerprint density at radius 1 is 1.38 bits per heavy atom. The molecule has 0 amide bonds. The predicted molar refractivity (Wildman–Crippen MR) is 98.1 cm³/mol. The molecule has 0 fully saturated rings. The summed E-state index contributed by atoms with van der Waals surface area (Å²) in [4.78, 5) is 41.7. The molecule has 2 atom stereocenters. The monoisotopic (exact) mass is 379 g/mol. The second-order valence-electron chi connectivity index (χ2n) is 7.10. The maximum atomic E-state index is 13.0. The molecule has 0 saturated carbocycles. The van der Waals surface area contributed by atoms with E-state index < -0.39 is 35.1 Å². The number of hydrogen-bond donors (Lipinski definition) is 2. The molecule has 8 nitrogen and oxygen atoms in total. The third kappa shape index (κ3) is 3.14. The highest BCUT2D eigenvalue weighted by Crippen LogP contribution is 2.33. The van der Waals surface area contributed by atoms with Gasteiger partial charge in [-0.3, -0.25) is 9.78 Å². The van der Waals surface area contributed by atoms with Crippen molar-refractivity contribution in [3.05, 3.63) is 43.7 Å². The fraction of sp³-hybridized carbons (Fsp3) is 0.471. The summed E-state index contributed by atoms with van der Waals surface area (Å²) < 4.78 is 11.6. The molecule has 3 rings (SSSR count). The molecule has 3 heterocycles. The first kappa shape index (κ1) is 18.2. The van der Waals surface area contributed by atoms with Crippen LogP contribution in [0.15, 0.2) is 22.1 Å². The first-order chi connectivity index (χ1) is 12.1. The smallest absolute Gasteiger partial charge is 0.330 e. The summed E-state index contributed by atoms with van der Waals surface area (Å²) >= 11 is 1.28. The average Bonchev–Trinajstić information content (AvgIpc) is 3.13. The maximum absolute atomic E-state index is 13.0. The van der Waals surface area contributed by atoms with Crippen molar-refractivity contribution in [3.8, 4) is 0 Å². The zero-order chi connectivity index (χ0) is 19.2. The Hall–Kier alpha value is -2.55. The standard InChI is InChI=1S/C17H21N3O5S/c1-8-10-13(26-11(8)12-18-6-7-24-12)19-16(23)20(14(10)21)9(2)15(22)25-17(3,4)5/h6-7,9,12,18H,1-5H3,(H,19,23). The van der Waals surface area contributed by atoms with Crippen molar-refractivity contribution in [2.24, 2.45) is 0 Å². The predicted octanol–water partition coefficient (Wildman–Crippen LogP) is 2.05. The lowest BCUT2D eigenvalue weighted by Gasteiger charge is -2.22. The lowest BCUT2D eigenvalue weighted by Crippen LogP contribution is -2.41. The zero-order valence-corrected chi connectivity index (χ0v) is 16.0. The summed E-state index contributed by atoms with van der Waals surface area (Å²) in [7, 11) is 0. The molecule has 2 N–H and O–H groups in total. The van der Waals surface area contributed by atoms with Crippen molar-refractivity contribution < 1.29 is 14.3 Å². The minimum absolute atomic E-state index is 0.373. The minimum atomic E-state index is -1.04. The normalized spacial score (nSPS) is 17.8. The van der Waals surface area contributed by atoms with E-state index >= 15 is 0 Å². The summed E-state index contributed by atoms with van der Waals surface area (Å²) in [5.74, 6) is -0.637. The molecule has 0 bridgehead atoms. The van der Waals surface area contributed by atoms with E-state index in [-0.39, 0.29) is 0 Å². The molecule has 140 valence electrons. The lowest BCUT2D eigenvalue weighted by atomic mass is 10.2. The number of rotatable bonds is 3. The van der Waals surface area contributed by atoms with Crippen LogP contribution >= 0.6 is 11.3 Å². The van der Waals surface area contributed by atoms with Crippen LogP contribution in [0.3, 0.4) is 0 Å². The van der Waals surface area contributed by atoms with E-state index in [2.05, 4.69) is 10.3 Å². The van der Waals surface area contributed by atoms with Crippen molar-refractivity contribution in [3.63, 3.8) is 0 Å². The van der Waals surface area contributed by atoms with Crippen molar-refractivity contribution in [1.82, 2.24) is 14.9 Å². The number of fused-ring (bicyclic) bond motifs is 1. The Morgan fingerprint density at radius 3 is 2.65 bits per heavy atom. The number of esters is 1. The molecule has 2 unspecified atom stereocenters. The quantitative estimate of drug-likeness (QED) is 0.792. The molecule has 2 aromatic rings. The number of aromatic amines is 1. The fourth-order valence-electron chi connectivity index (χ4n) is 2.76. The number of aryl methyl sites for hydroxylation is 1. The molecule has 0 aliphatic carbocycles. The lowest BCUT2D eigenvalue weighted by molar-refractivity contribution is -0.158. The van der Waals surface area contributed by atoms with Crippen LogP contribution < -0.4 is 16.6 Å². The zero-order valence-electron chi connectivity index (χ0n) is 15.2. The van der Waals surface area contributed by atoms with E-state index in [1.165, 1.54) is 24.5 Å². The summed E-state index contributed by atoms with van der Waals surface area (Å²) in [5, 5.41) is 3.40. The van der Waals surface area contributed by atoms with Crippen LogP contribution in [0.1, 0.15) is 50.4 Å². The van der Waals surface area contributed by atoms with E-state index in [0.717, 1.165) is 9.44 Å². The van der Waals surface area contributed by atoms with E-state index in [0.29, 0.717) is 15.8 Å². The molecule has 0 spiro atoms. The van der Waals surface area contributed by atoms with Gasteiger partial charge in [0.2, 0.25) is 6.23 Å². The number of ether oxygens (including phenoxy) is 2. The third-order valence-electron chi connectivity index (χ3n) is 3.96. The number of hydrogen-bond acceptors (Lipinski definition) is 7. The number of carbonyl (C=O) groups is 1. The van der Waals surface area contributed by atoms with Gasteiger partial charge in [-0.05, 0) is 40.2 Å². The highest BCUT2D eigenvalue weighted by molar-refractivity contribution is 7.18. The molecule has 26 heavy (non-hydrogen) atoms. The van der Waals surface area contributed by atoms with E-state index in [1.807, 2.05) is 0 Å². The van der Waals surface area contributed by atoms with Crippen LogP contribution in [0.4, 0.5) is 0 Å². The Labute approximate surface area is 153 Å². The van der Waals surface area contributed by atoms with Gasteiger partial charge in [-0.2, -0.15) is 0 Å². The largest absolute Gasteiger partial charge is 0.472 e. The van der Waals surface area contributed by atoms with Gasteiger partial charge in [0.25, 0.3) is 5.56 Å². The van der Waals surface area contributed by atoms with Crippen molar-refractivity contribution >= 4 is 27.5 Å². The topological polar surface area (TPSA) is 102 Å². The molecule has 9 heteroatoms. The van der Waals surface area contributed by atoms with Gasteiger partial charge in [-0.15, -0.1) is 11.3 Å². The van der Waals surface area contributed by atoms with Crippen LogP contribution in [0, 0.1) is 6.92 Å². The number of H-pyrrole nitrogens is 1. The van der Waals surface area contributed by atoms with Crippen molar-refractivity contribution in [2.45, 2.75) is 52.5 Å². The third-order valence-corrected chi connectivity index (χ3v) is 5.21. The SMILES string of the molecule is Cc1c(C2NC=CO2)sc2[nH]c(=O)n(C(C)C(=O)OC(C)(C)C)c(=O)c12. The van der Waals surface area contributed by atoms with Gasteiger partial charge in [-0.25, -0.2) is 14.2 Å². The van der Waals surface area contributed by atoms with E-state index in [4.69, 9.17) is 9.47 Å². The van der Waals surface area contributed by atoms with Gasteiger partial charge in [0.15, 0.2) is 0 Å². The van der Waals surface area contributed by atoms with E-state index in [1.54, 1.807) is 33.9 Å². The van der Waals surface area contributed by atoms with Crippen LogP contribution in [-0.2, 0) is 14.3 Å². The highest BCUT2D eigenvalue weighted by Gasteiger charge is 2.28. The number of aromatic nitrogens is 2. The van der Waals surface area contributed by atoms with Gasteiger partial charge >= 0.3 is 11.7 Å². The number of nitrogens with zero attached hydrogens (tertiary/aromatic N) is 1. The Morgan fingerprint density at radius 2 is 2.08 bits per heavy atom. The molecule has 2 aromatic heterocycles. The van der Waals surface area contributed by atoms with Crippen molar-refractivity contribution in [1.29, 1.82) is 0 Å². The maximum Gasteiger partial charge on any atom is 0.330 e. The molecule has 1 aliphatic rings. The summed E-state index contributed by atoms with van der Waals surface area (Å²) in [6.07, 6.45) is 2.80. The number of nitrogens with one attached hydrogen (secondary N) is 2. The second-order valence-corrected chi connectivity index (χ2v) is 8.15. The van der Waals surface area contributed by atoms with E-state index in [9.17, 15) is 14.4 Å². The molecule has 0 radical (unpaired) electrons. The fourth-order valence-corrected chi connectivity index (χ4v) is 3.95. The Balaban J connectivity index is 2.10. The van der Waals surface area contributed by atoms with Gasteiger partial charge in [0.05, 0.1) is 10.3 Å². The number of thiophene rings is 1. The van der Waals surface area contributed by atoms with Crippen LogP contribution in [0.25, 0.3) is 10.2 Å². The Kier molecular flexibility index (Phi) is 4.43. The first-order valence-corrected chi connectivity index (χ1v) is 8.99. The molecular weight excluding hydrogens is 358 g/mol. The van der Waals surface area contributed by atoms with Crippen LogP contribution in [0.5, 0.6) is 0 Å².